The van der Waals surface area contributed by atoms with Gasteiger partial charge in [-0.1, -0.05) is 36.4 Å². The molecule has 1 aliphatic heterocycles. The standard InChI is InChI=1S/C8H11N3O2.C6H6/c1-2-13-8(12)7-9-6-4-3-5-11(6)10-7;1-2-4-6-5-3-1/h2-5H2,1H3;1-6H. The third kappa shape index (κ3) is 3.64. The summed E-state index contributed by atoms with van der Waals surface area (Å²) >= 11 is 0. The summed E-state index contributed by atoms with van der Waals surface area (Å²) in [5.41, 5.74) is 0. The first-order valence-electron chi connectivity index (χ1n) is 6.42. The smallest absolute Gasteiger partial charge is 0.378 e. The lowest BCUT2D eigenvalue weighted by Gasteiger charge is -1.95. The first-order chi connectivity index (χ1) is 9.31. The van der Waals surface area contributed by atoms with Gasteiger partial charge in [0.15, 0.2) is 0 Å². The Bertz CT molecular complexity index is 475. The van der Waals surface area contributed by atoms with Crippen LogP contribution >= 0.6 is 0 Å². The van der Waals surface area contributed by atoms with Crippen LogP contribution in [0.25, 0.3) is 0 Å². The van der Waals surface area contributed by atoms with Gasteiger partial charge in [-0.05, 0) is 13.3 Å². The Hall–Kier alpha value is -2.17. The quantitative estimate of drug-likeness (QED) is 0.775. The Morgan fingerprint density at radius 2 is 1.89 bits per heavy atom. The van der Waals surface area contributed by atoms with Crippen molar-refractivity contribution in [1.82, 2.24) is 14.8 Å². The summed E-state index contributed by atoms with van der Waals surface area (Å²) < 4.78 is 6.56. The van der Waals surface area contributed by atoms with Crippen LogP contribution < -0.4 is 0 Å². The van der Waals surface area contributed by atoms with E-state index in [0.717, 1.165) is 25.2 Å². The van der Waals surface area contributed by atoms with E-state index in [1.165, 1.54) is 0 Å². The van der Waals surface area contributed by atoms with Crippen LogP contribution in [0.5, 0.6) is 0 Å². The van der Waals surface area contributed by atoms with Crippen LogP contribution in [0.4, 0.5) is 0 Å². The van der Waals surface area contributed by atoms with E-state index in [-0.39, 0.29) is 5.82 Å². The number of nitrogens with zero attached hydrogens (tertiary/aromatic N) is 3. The van der Waals surface area contributed by atoms with Crippen molar-refractivity contribution in [2.24, 2.45) is 0 Å². The van der Waals surface area contributed by atoms with Gasteiger partial charge < -0.3 is 4.74 Å². The highest BCUT2D eigenvalue weighted by atomic mass is 16.5. The Labute approximate surface area is 112 Å². The molecule has 0 unspecified atom stereocenters. The zero-order chi connectivity index (χ0) is 13.5. The topological polar surface area (TPSA) is 57.0 Å². The van der Waals surface area contributed by atoms with Crippen molar-refractivity contribution in [2.45, 2.75) is 26.3 Å². The fourth-order valence-electron chi connectivity index (χ4n) is 1.79. The van der Waals surface area contributed by atoms with Crippen LogP contribution in [-0.2, 0) is 17.7 Å². The van der Waals surface area contributed by atoms with Gasteiger partial charge in [0.05, 0.1) is 6.61 Å². The first kappa shape index (κ1) is 13.3. The summed E-state index contributed by atoms with van der Waals surface area (Å²) in [7, 11) is 0. The van der Waals surface area contributed by atoms with Crippen molar-refractivity contribution in [3.05, 3.63) is 48.0 Å². The number of carbonyl (C=O) groups excluding carboxylic acids is 1. The molecule has 100 valence electrons. The van der Waals surface area contributed by atoms with Gasteiger partial charge >= 0.3 is 5.97 Å². The fraction of sp³-hybridized carbons (Fsp3) is 0.357. The molecule has 0 amide bonds. The predicted molar refractivity (Wildman–Crippen MR) is 70.7 cm³/mol. The average molecular weight is 259 g/mol. The monoisotopic (exact) mass is 259 g/mol. The summed E-state index contributed by atoms with van der Waals surface area (Å²) in [5.74, 6) is 0.656. The van der Waals surface area contributed by atoms with Gasteiger partial charge in [-0.2, -0.15) is 0 Å². The minimum Gasteiger partial charge on any atom is -0.460 e. The number of esters is 1. The lowest BCUT2D eigenvalue weighted by Crippen LogP contribution is -2.08. The second kappa shape index (κ2) is 6.68. The predicted octanol–water partition coefficient (Wildman–Crippen LogP) is 2.09. The van der Waals surface area contributed by atoms with Gasteiger partial charge in [-0.25, -0.2) is 14.5 Å². The molecule has 1 aromatic heterocycles. The average Bonchev–Trinajstić information content (AvgIpc) is 3.02. The normalized spacial score (nSPS) is 12.3. The number of aryl methyl sites for hydroxylation is 2. The van der Waals surface area contributed by atoms with Crippen LogP contribution in [0.15, 0.2) is 36.4 Å². The highest BCUT2D eigenvalue weighted by Crippen LogP contribution is 2.11. The Kier molecular flexibility index (Phi) is 4.66. The van der Waals surface area contributed by atoms with Crippen molar-refractivity contribution in [1.29, 1.82) is 0 Å². The lowest BCUT2D eigenvalue weighted by atomic mass is 10.4. The Balaban J connectivity index is 0.000000186. The van der Waals surface area contributed by atoms with Crippen LogP contribution in [0.2, 0.25) is 0 Å². The minimum absolute atomic E-state index is 0.191. The van der Waals surface area contributed by atoms with E-state index in [9.17, 15) is 4.79 Å². The number of carbonyl (C=O) groups is 1. The maximum Gasteiger partial charge on any atom is 0.378 e. The van der Waals surface area contributed by atoms with Crippen molar-refractivity contribution in [3.8, 4) is 0 Å². The second-order valence-electron chi connectivity index (χ2n) is 4.05. The molecule has 0 bridgehead atoms. The lowest BCUT2D eigenvalue weighted by molar-refractivity contribution is 0.0511. The summed E-state index contributed by atoms with van der Waals surface area (Å²) in [6.45, 7) is 2.99. The van der Waals surface area contributed by atoms with Crippen LogP contribution in [0.3, 0.4) is 0 Å². The van der Waals surface area contributed by atoms with Crippen LogP contribution in [0.1, 0.15) is 29.8 Å². The second-order valence-corrected chi connectivity index (χ2v) is 4.05. The van der Waals surface area contributed by atoms with E-state index in [0.29, 0.717) is 6.61 Å². The molecule has 5 nitrogen and oxygen atoms in total. The molecule has 0 atom stereocenters. The number of hydrogen-bond donors (Lipinski definition) is 0. The molecule has 0 aliphatic carbocycles. The number of ether oxygens (including phenoxy) is 1. The van der Waals surface area contributed by atoms with Gasteiger partial charge in [-0.15, -0.1) is 5.10 Å². The van der Waals surface area contributed by atoms with Crippen molar-refractivity contribution in [2.75, 3.05) is 6.61 Å². The molecule has 0 N–H and O–H groups in total. The molecule has 2 aromatic rings. The molecule has 0 radical (unpaired) electrons. The summed E-state index contributed by atoms with van der Waals surface area (Å²) in [6.07, 6.45) is 1.98. The molecule has 5 heteroatoms. The summed E-state index contributed by atoms with van der Waals surface area (Å²) in [5, 5.41) is 4.04. The maximum absolute atomic E-state index is 11.2. The third-order valence-electron chi connectivity index (χ3n) is 2.64. The van der Waals surface area contributed by atoms with E-state index in [1.807, 2.05) is 36.4 Å². The molecule has 0 fully saturated rings. The van der Waals surface area contributed by atoms with E-state index in [4.69, 9.17) is 4.74 Å². The minimum atomic E-state index is -0.426. The zero-order valence-corrected chi connectivity index (χ0v) is 11.0. The van der Waals surface area contributed by atoms with Crippen molar-refractivity contribution < 1.29 is 9.53 Å². The van der Waals surface area contributed by atoms with Crippen molar-refractivity contribution >= 4 is 5.97 Å². The number of aromatic nitrogens is 3. The molecule has 1 aromatic carbocycles. The Morgan fingerprint density at radius 3 is 2.42 bits per heavy atom. The Morgan fingerprint density at radius 1 is 1.26 bits per heavy atom. The van der Waals surface area contributed by atoms with E-state index >= 15 is 0 Å². The number of fused-ring (bicyclic) bond motifs is 1. The van der Waals surface area contributed by atoms with Gasteiger partial charge in [0.1, 0.15) is 5.82 Å². The van der Waals surface area contributed by atoms with Gasteiger partial charge in [0.25, 0.3) is 5.82 Å². The van der Waals surface area contributed by atoms with E-state index in [2.05, 4.69) is 10.1 Å². The van der Waals surface area contributed by atoms with Crippen LogP contribution in [0, 0.1) is 0 Å². The summed E-state index contributed by atoms with van der Waals surface area (Å²) in [6, 6.07) is 12.0. The highest BCUT2D eigenvalue weighted by Gasteiger charge is 2.20. The number of rotatable bonds is 2. The highest BCUT2D eigenvalue weighted by molar-refractivity contribution is 5.84. The number of benzene rings is 1. The van der Waals surface area contributed by atoms with Crippen molar-refractivity contribution in [3.63, 3.8) is 0 Å². The largest absolute Gasteiger partial charge is 0.460 e. The zero-order valence-electron chi connectivity index (χ0n) is 11.0. The maximum atomic E-state index is 11.2. The molecular weight excluding hydrogens is 242 g/mol. The molecule has 0 spiro atoms. The van der Waals surface area contributed by atoms with Crippen LogP contribution in [-0.4, -0.2) is 27.3 Å². The molecular formula is C14H17N3O2. The first-order valence-corrected chi connectivity index (χ1v) is 6.42. The SMILES string of the molecule is CCOC(=O)c1nc2n(n1)CCC2.c1ccccc1. The summed E-state index contributed by atoms with van der Waals surface area (Å²) in [4.78, 5) is 15.3. The molecule has 3 rings (SSSR count). The molecule has 19 heavy (non-hydrogen) atoms. The molecule has 0 saturated heterocycles. The van der Waals surface area contributed by atoms with Gasteiger partial charge in [0, 0.05) is 13.0 Å². The van der Waals surface area contributed by atoms with E-state index < -0.39 is 5.97 Å². The van der Waals surface area contributed by atoms with E-state index in [1.54, 1.807) is 11.6 Å². The fourth-order valence-corrected chi connectivity index (χ4v) is 1.79. The van der Waals surface area contributed by atoms with Gasteiger partial charge in [0.2, 0.25) is 0 Å². The molecule has 2 heterocycles. The molecule has 1 aliphatic rings. The molecule has 0 saturated carbocycles. The third-order valence-corrected chi connectivity index (χ3v) is 2.64. The van der Waals surface area contributed by atoms with Gasteiger partial charge in [-0.3, -0.25) is 0 Å². The number of hydrogen-bond acceptors (Lipinski definition) is 4.